The van der Waals surface area contributed by atoms with E-state index < -0.39 is 32.5 Å². The largest absolute Gasteiger partial charge is 0.469 e. The summed E-state index contributed by atoms with van der Waals surface area (Å²) in [6.07, 6.45) is 38.2. The van der Waals surface area contributed by atoms with Gasteiger partial charge in [0, 0.05) is 12.8 Å². The molecule has 304 valence electrons. The molecule has 9 heteroatoms. The third kappa shape index (κ3) is 41.7. The second kappa shape index (κ2) is 37.4. The standard InChI is InChI=1S/C42H83O8P/c1-4-5-6-7-8-9-10-11-12-13-18-21-24-27-30-33-36-42(44)50-40(38-49-51(45,46)47)37-48-41(43)35-32-29-26-23-20-17-15-14-16-19-22-25-28-31-34-39(2)3/h39-40H,4-38H2,1-3H3,(H2,45,46,47)/t40-/m1/s1. The predicted octanol–water partition coefficient (Wildman–Crippen LogP) is 13.1. The molecule has 0 spiro atoms. The number of phosphoric acid groups is 1. The highest BCUT2D eigenvalue weighted by atomic mass is 31.2. The molecule has 0 fully saturated rings. The Morgan fingerprint density at radius 2 is 0.824 bits per heavy atom. The van der Waals surface area contributed by atoms with Crippen molar-refractivity contribution in [1.82, 2.24) is 0 Å². The van der Waals surface area contributed by atoms with Crippen LogP contribution < -0.4 is 0 Å². The van der Waals surface area contributed by atoms with E-state index in [4.69, 9.17) is 19.3 Å². The summed E-state index contributed by atoms with van der Waals surface area (Å²) in [5.74, 6) is -0.0344. The average molecular weight is 747 g/mol. The molecule has 2 N–H and O–H groups in total. The second-order valence-electron chi connectivity index (χ2n) is 15.5. The zero-order valence-electron chi connectivity index (χ0n) is 33.7. The van der Waals surface area contributed by atoms with Gasteiger partial charge in [-0.1, -0.05) is 207 Å². The normalized spacial score (nSPS) is 12.4. The molecule has 51 heavy (non-hydrogen) atoms. The first kappa shape index (κ1) is 50.1. The molecule has 0 aliphatic heterocycles. The molecule has 0 rings (SSSR count). The van der Waals surface area contributed by atoms with Crippen LogP contribution in [0.3, 0.4) is 0 Å². The fourth-order valence-electron chi connectivity index (χ4n) is 6.56. The Bertz CT molecular complexity index is 815. The summed E-state index contributed by atoms with van der Waals surface area (Å²) < 4.78 is 26.4. The average Bonchev–Trinajstić information content (AvgIpc) is 3.08. The first-order valence-corrected chi connectivity index (χ1v) is 23.2. The van der Waals surface area contributed by atoms with E-state index in [9.17, 15) is 14.2 Å². The van der Waals surface area contributed by atoms with Crippen molar-refractivity contribution in [3.63, 3.8) is 0 Å². The van der Waals surface area contributed by atoms with Gasteiger partial charge >= 0.3 is 19.8 Å². The molecule has 0 aromatic carbocycles. The molecule has 0 radical (unpaired) electrons. The SMILES string of the molecule is CCCCCCCCCCCCCCCCCCC(=O)O[C@H](COC(=O)CCCCCCCCCCCCCCCCC(C)C)COP(=O)(O)O. The van der Waals surface area contributed by atoms with E-state index >= 15 is 0 Å². The smallest absolute Gasteiger partial charge is 0.462 e. The van der Waals surface area contributed by atoms with E-state index in [1.165, 1.54) is 161 Å². The number of hydrogen-bond acceptors (Lipinski definition) is 6. The lowest BCUT2D eigenvalue weighted by atomic mass is 10.0. The predicted molar refractivity (Wildman–Crippen MR) is 212 cm³/mol. The number of carbonyl (C=O) groups is 2. The van der Waals surface area contributed by atoms with Crippen LogP contribution in [0, 0.1) is 5.92 Å². The highest BCUT2D eigenvalue weighted by molar-refractivity contribution is 7.46. The maximum absolute atomic E-state index is 12.4. The van der Waals surface area contributed by atoms with Crippen molar-refractivity contribution in [3.05, 3.63) is 0 Å². The zero-order chi connectivity index (χ0) is 37.7. The van der Waals surface area contributed by atoms with Crippen molar-refractivity contribution in [2.45, 2.75) is 239 Å². The van der Waals surface area contributed by atoms with Gasteiger partial charge in [-0.25, -0.2) is 4.57 Å². The maximum atomic E-state index is 12.4. The number of esters is 2. The van der Waals surface area contributed by atoms with Gasteiger partial charge in [-0.15, -0.1) is 0 Å². The van der Waals surface area contributed by atoms with Gasteiger partial charge in [0.1, 0.15) is 6.61 Å². The van der Waals surface area contributed by atoms with E-state index in [-0.39, 0.29) is 19.4 Å². The molecule has 0 heterocycles. The highest BCUT2D eigenvalue weighted by Gasteiger charge is 2.23. The second-order valence-corrected chi connectivity index (χ2v) is 16.8. The van der Waals surface area contributed by atoms with Gasteiger partial charge in [0.15, 0.2) is 6.10 Å². The van der Waals surface area contributed by atoms with Crippen molar-refractivity contribution >= 4 is 19.8 Å². The van der Waals surface area contributed by atoms with Crippen LogP contribution in [0.15, 0.2) is 0 Å². The van der Waals surface area contributed by atoms with Crippen molar-refractivity contribution in [1.29, 1.82) is 0 Å². The Balaban J connectivity index is 3.85. The summed E-state index contributed by atoms with van der Waals surface area (Å²) in [6.45, 7) is 6.06. The molecule has 0 saturated heterocycles. The van der Waals surface area contributed by atoms with Crippen molar-refractivity contribution in [2.24, 2.45) is 5.92 Å². The Morgan fingerprint density at radius 1 is 0.490 bits per heavy atom. The fraction of sp³-hybridized carbons (Fsp3) is 0.952. The Kier molecular flexibility index (Phi) is 36.7. The summed E-state index contributed by atoms with van der Waals surface area (Å²) >= 11 is 0. The summed E-state index contributed by atoms with van der Waals surface area (Å²) in [4.78, 5) is 42.9. The van der Waals surface area contributed by atoms with E-state index in [0.29, 0.717) is 6.42 Å². The number of carbonyl (C=O) groups excluding carboxylic acids is 2. The first-order chi connectivity index (χ1) is 24.6. The maximum Gasteiger partial charge on any atom is 0.469 e. The molecule has 0 bridgehead atoms. The van der Waals surface area contributed by atoms with Crippen molar-refractivity contribution in [3.8, 4) is 0 Å². The Hall–Kier alpha value is -0.950. The number of rotatable bonds is 40. The Morgan fingerprint density at radius 3 is 1.18 bits per heavy atom. The van der Waals surface area contributed by atoms with Crippen LogP contribution in [0.1, 0.15) is 233 Å². The molecular weight excluding hydrogens is 663 g/mol. The fourth-order valence-corrected chi connectivity index (χ4v) is 6.92. The lowest BCUT2D eigenvalue weighted by Gasteiger charge is -2.18. The van der Waals surface area contributed by atoms with Gasteiger partial charge in [-0.05, 0) is 18.8 Å². The highest BCUT2D eigenvalue weighted by Crippen LogP contribution is 2.36. The molecule has 8 nitrogen and oxygen atoms in total. The summed E-state index contributed by atoms with van der Waals surface area (Å²) in [6, 6.07) is 0. The van der Waals surface area contributed by atoms with Gasteiger partial charge in [0.05, 0.1) is 6.61 Å². The molecule has 0 amide bonds. The molecule has 0 unspecified atom stereocenters. The Labute approximate surface area is 315 Å². The van der Waals surface area contributed by atoms with Crippen LogP contribution in [0.2, 0.25) is 0 Å². The van der Waals surface area contributed by atoms with E-state index in [1.807, 2.05) is 0 Å². The third-order valence-electron chi connectivity index (χ3n) is 9.80. The molecule has 0 aromatic heterocycles. The van der Waals surface area contributed by atoms with Gasteiger partial charge in [-0.2, -0.15) is 0 Å². The van der Waals surface area contributed by atoms with E-state index in [0.717, 1.165) is 38.0 Å². The number of phosphoric ester groups is 1. The molecule has 1 atom stereocenters. The number of hydrogen-bond donors (Lipinski definition) is 2. The summed E-state index contributed by atoms with van der Waals surface area (Å²) in [5, 5.41) is 0. The van der Waals surface area contributed by atoms with Crippen LogP contribution >= 0.6 is 7.82 Å². The molecule has 0 aliphatic rings. The summed E-state index contributed by atoms with van der Waals surface area (Å²) in [5.41, 5.74) is 0. The lowest BCUT2D eigenvalue weighted by Crippen LogP contribution is -2.29. The first-order valence-electron chi connectivity index (χ1n) is 21.7. The number of ether oxygens (including phenoxy) is 2. The minimum Gasteiger partial charge on any atom is -0.462 e. The minimum atomic E-state index is -4.75. The van der Waals surface area contributed by atoms with Gasteiger partial charge in [0.25, 0.3) is 0 Å². The van der Waals surface area contributed by atoms with Crippen LogP contribution in [-0.2, 0) is 28.2 Å². The van der Waals surface area contributed by atoms with Crippen LogP contribution in [0.4, 0.5) is 0 Å². The third-order valence-corrected chi connectivity index (χ3v) is 10.3. The van der Waals surface area contributed by atoms with Gasteiger partial charge in [0.2, 0.25) is 0 Å². The monoisotopic (exact) mass is 747 g/mol. The van der Waals surface area contributed by atoms with Crippen LogP contribution in [0.5, 0.6) is 0 Å². The lowest BCUT2D eigenvalue weighted by molar-refractivity contribution is -0.161. The molecular formula is C42H83O8P. The van der Waals surface area contributed by atoms with Gasteiger partial charge < -0.3 is 19.3 Å². The summed E-state index contributed by atoms with van der Waals surface area (Å²) in [7, 11) is -4.75. The van der Waals surface area contributed by atoms with E-state index in [1.54, 1.807) is 0 Å². The van der Waals surface area contributed by atoms with Crippen LogP contribution in [-0.4, -0.2) is 41.0 Å². The van der Waals surface area contributed by atoms with Crippen molar-refractivity contribution in [2.75, 3.05) is 13.2 Å². The van der Waals surface area contributed by atoms with Crippen LogP contribution in [0.25, 0.3) is 0 Å². The minimum absolute atomic E-state index is 0.220. The molecule has 0 aliphatic carbocycles. The molecule has 0 aromatic rings. The van der Waals surface area contributed by atoms with E-state index in [2.05, 4.69) is 25.3 Å². The van der Waals surface area contributed by atoms with Crippen molar-refractivity contribution < 1.29 is 37.9 Å². The van der Waals surface area contributed by atoms with Gasteiger partial charge in [-0.3, -0.25) is 14.1 Å². The topological polar surface area (TPSA) is 119 Å². The number of unbranched alkanes of at least 4 members (excludes halogenated alkanes) is 28. The zero-order valence-corrected chi connectivity index (χ0v) is 34.6. The quantitative estimate of drug-likeness (QED) is 0.0361. The molecule has 0 saturated carbocycles.